The largest absolute Gasteiger partial charge is 0.291 e. The number of hydrogen-bond donors (Lipinski definition) is 0. The fraction of sp³-hybridized carbons (Fsp3) is 0.190. The highest BCUT2D eigenvalue weighted by atomic mass is 16.1. The molecule has 0 N–H and O–H groups in total. The molecule has 5 nitrogen and oxygen atoms in total. The maximum Gasteiger partial charge on any atom is 0.265 e. The van der Waals surface area contributed by atoms with Crippen LogP contribution in [0.2, 0.25) is 0 Å². The van der Waals surface area contributed by atoms with E-state index in [0.29, 0.717) is 11.0 Å². The van der Waals surface area contributed by atoms with E-state index in [-0.39, 0.29) is 11.6 Å². The molecule has 2 heterocycles. The van der Waals surface area contributed by atoms with Gasteiger partial charge in [-0.05, 0) is 43.5 Å². The monoisotopic (exact) mass is 344 g/mol. The predicted octanol–water partition coefficient (Wildman–Crippen LogP) is 3.81. The van der Waals surface area contributed by atoms with Gasteiger partial charge in [0.25, 0.3) is 5.56 Å². The van der Waals surface area contributed by atoms with E-state index in [1.807, 2.05) is 49.4 Å². The van der Waals surface area contributed by atoms with Crippen LogP contribution in [0, 0.1) is 13.8 Å². The molecule has 2 aromatic carbocycles. The van der Waals surface area contributed by atoms with Gasteiger partial charge in [-0.15, -0.1) is 0 Å². The van der Waals surface area contributed by atoms with E-state index in [1.165, 1.54) is 5.56 Å². The van der Waals surface area contributed by atoms with Crippen LogP contribution in [-0.4, -0.2) is 19.3 Å². The van der Waals surface area contributed by atoms with Crippen LogP contribution >= 0.6 is 0 Å². The van der Waals surface area contributed by atoms with E-state index in [2.05, 4.69) is 30.0 Å². The van der Waals surface area contributed by atoms with Gasteiger partial charge in [0.05, 0.1) is 17.9 Å². The average Bonchev–Trinajstić information content (AvgIpc) is 3.09. The van der Waals surface area contributed by atoms with E-state index in [4.69, 9.17) is 0 Å². The molecule has 0 aliphatic carbocycles. The third-order valence-corrected chi connectivity index (χ3v) is 5.02. The lowest BCUT2D eigenvalue weighted by molar-refractivity contribution is 0.608. The molecule has 0 amide bonds. The molecule has 0 aliphatic heterocycles. The van der Waals surface area contributed by atoms with Crippen molar-refractivity contribution in [3.8, 4) is 5.69 Å². The summed E-state index contributed by atoms with van der Waals surface area (Å²) < 4.78 is 3.41. The molecule has 2 aromatic heterocycles. The molecule has 0 saturated heterocycles. The second-order valence-electron chi connectivity index (χ2n) is 6.56. The summed E-state index contributed by atoms with van der Waals surface area (Å²) in [7, 11) is 0. The third kappa shape index (κ3) is 2.52. The summed E-state index contributed by atoms with van der Waals surface area (Å²) >= 11 is 0. The van der Waals surface area contributed by atoms with Crippen molar-refractivity contribution < 1.29 is 0 Å². The molecule has 0 bridgehead atoms. The van der Waals surface area contributed by atoms with Crippen molar-refractivity contribution in [2.45, 2.75) is 26.8 Å². The van der Waals surface area contributed by atoms with Gasteiger partial charge in [0.15, 0.2) is 5.65 Å². The molecule has 130 valence electrons. The van der Waals surface area contributed by atoms with Crippen LogP contribution in [-0.2, 0) is 0 Å². The summed E-state index contributed by atoms with van der Waals surface area (Å²) in [6.45, 7) is 6.11. The minimum atomic E-state index is -0.0929. The number of aryl methyl sites for hydroxylation is 1. The molecule has 5 heteroatoms. The maximum atomic E-state index is 13.0. The number of benzene rings is 2. The van der Waals surface area contributed by atoms with Gasteiger partial charge < -0.3 is 0 Å². The second-order valence-corrected chi connectivity index (χ2v) is 6.56. The Bertz CT molecular complexity index is 1140. The molecule has 0 radical (unpaired) electrons. The standard InChI is InChI=1S/C21H20N4O/c1-14-8-7-11-19(15(14)2)25-20-18(12-23-25)21(26)24(13-22-20)16(3)17-9-5-4-6-10-17/h4-13,16H,1-3H3/t16-/m1/s1. The Morgan fingerprint density at radius 2 is 1.77 bits per heavy atom. The van der Waals surface area contributed by atoms with Crippen LogP contribution in [0.3, 0.4) is 0 Å². The summed E-state index contributed by atoms with van der Waals surface area (Å²) in [5.74, 6) is 0. The van der Waals surface area contributed by atoms with Crippen molar-refractivity contribution in [3.63, 3.8) is 0 Å². The van der Waals surface area contributed by atoms with E-state index in [0.717, 1.165) is 16.8 Å². The smallest absolute Gasteiger partial charge is 0.265 e. The fourth-order valence-corrected chi connectivity index (χ4v) is 3.23. The summed E-state index contributed by atoms with van der Waals surface area (Å²) in [5.41, 5.74) is 4.82. The van der Waals surface area contributed by atoms with Crippen LogP contribution in [0.25, 0.3) is 16.7 Å². The molecule has 0 spiro atoms. The van der Waals surface area contributed by atoms with Crippen molar-refractivity contribution in [1.82, 2.24) is 19.3 Å². The minimum Gasteiger partial charge on any atom is -0.291 e. The quantitative estimate of drug-likeness (QED) is 0.568. The van der Waals surface area contributed by atoms with Gasteiger partial charge in [-0.3, -0.25) is 9.36 Å². The highest BCUT2D eigenvalue weighted by molar-refractivity contribution is 5.75. The second kappa shape index (κ2) is 6.26. The van der Waals surface area contributed by atoms with Gasteiger partial charge in [0, 0.05) is 0 Å². The molecule has 4 aromatic rings. The Balaban J connectivity index is 1.86. The number of aromatic nitrogens is 4. The topological polar surface area (TPSA) is 52.7 Å². The van der Waals surface area contributed by atoms with Gasteiger partial charge in [0.2, 0.25) is 0 Å². The summed E-state index contributed by atoms with van der Waals surface area (Å²) in [4.78, 5) is 17.6. The van der Waals surface area contributed by atoms with Crippen molar-refractivity contribution in [2.24, 2.45) is 0 Å². The summed E-state index contributed by atoms with van der Waals surface area (Å²) in [5, 5.41) is 4.97. The van der Waals surface area contributed by atoms with Crippen LogP contribution in [0.1, 0.15) is 29.7 Å². The molecular weight excluding hydrogens is 324 g/mol. The van der Waals surface area contributed by atoms with Crippen LogP contribution in [0.5, 0.6) is 0 Å². The van der Waals surface area contributed by atoms with Crippen molar-refractivity contribution in [1.29, 1.82) is 0 Å². The molecule has 1 atom stereocenters. The Morgan fingerprint density at radius 1 is 1.00 bits per heavy atom. The number of rotatable bonds is 3. The van der Waals surface area contributed by atoms with E-state index in [1.54, 1.807) is 21.8 Å². The van der Waals surface area contributed by atoms with Crippen molar-refractivity contribution in [2.75, 3.05) is 0 Å². The third-order valence-electron chi connectivity index (χ3n) is 5.02. The first-order valence-electron chi connectivity index (χ1n) is 8.64. The average molecular weight is 344 g/mol. The molecule has 0 unspecified atom stereocenters. The molecule has 4 rings (SSSR count). The van der Waals surface area contributed by atoms with E-state index in [9.17, 15) is 4.79 Å². The summed E-state index contributed by atoms with van der Waals surface area (Å²) in [6, 6.07) is 15.9. The minimum absolute atomic E-state index is 0.0806. The van der Waals surface area contributed by atoms with Crippen LogP contribution in [0.15, 0.2) is 65.8 Å². The van der Waals surface area contributed by atoms with Gasteiger partial charge in [-0.25, -0.2) is 9.67 Å². The summed E-state index contributed by atoms with van der Waals surface area (Å²) in [6.07, 6.45) is 3.23. The molecule has 0 fully saturated rings. The first kappa shape index (κ1) is 16.3. The Labute approximate surface area is 151 Å². The maximum absolute atomic E-state index is 13.0. The van der Waals surface area contributed by atoms with Crippen LogP contribution in [0.4, 0.5) is 0 Å². The molecule has 26 heavy (non-hydrogen) atoms. The normalized spacial score (nSPS) is 12.4. The van der Waals surface area contributed by atoms with Gasteiger partial charge >= 0.3 is 0 Å². The zero-order valence-electron chi connectivity index (χ0n) is 15.0. The molecule has 0 saturated carbocycles. The Morgan fingerprint density at radius 3 is 2.54 bits per heavy atom. The molecule has 0 aliphatic rings. The van der Waals surface area contributed by atoms with Gasteiger partial charge in [-0.2, -0.15) is 5.10 Å². The first-order chi connectivity index (χ1) is 12.6. The van der Waals surface area contributed by atoms with E-state index < -0.39 is 0 Å². The fourth-order valence-electron chi connectivity index (χ4n) is 3.23. The zero-order valence-corrected chi connectivity index (χ0v) is 15.0. The lowest BCUT2D eigenvalue weighted by Crippen LogP contribution is -2.24. The number of hydrogen-bond acceptors (Lipinski definition) is 3. The lowest BCUT2D eigenvalue weighted by Gasteiger charge is -2.15. The van der Waals surface area contributed by atoms with Gasteiger partial charge in [0.1, 0.15) is 11.7 Å². The van der Waals surface area contributed by atoms with Crippen molar-refractivity contribution in [3.05, 3.63) is 88.1 Å². The number of nitrogens with zero attached hydrogens (tertiary/aromatic N) is 4. The number of fused-ring (bicyclic) bond motifs is 1. The lowest BCUT2D eigenvalue weighted by atomic mass is 10.1. The highest BCUT2D eigenvalue weighted by Gasteiger charge is 2.16. The predicted molar refractivity (Wildman–Crippen MR) is 103 cm³/mol. The Hall–Kier alpha value is -3.21. The van der Waals surface area contributed by atoms with Gasteiger partial charge in [-0.1, -0.05) is 42.5 Å². The highest BCUT2D eigenvalue weighted by Crippen LogP contribution is 2.21. The SMILES string of the molecule is Cc1cccc(-n2ncc3c(=O)n([C@H](C)c4ccccc4)cnc32)c1C. The van der Waals surface area contributed by atoms with E-state index >= 15 is 0 Å². The van der Waals surface area contributed by atoms with Crippen LogP contribution < -0.4 is 5.56 Å². The Kier molecular flexibility index (Phi) is 3.92. The van der Waals surface area contributed by atoms with Crippen molar-refractivity contribution >= 4 is 11.0 Å². The zero-order chi connectivity index (χ0) is 18.3. The molecular formula is C21H20N4O. The first-order valence-corrected chi connectivity index (χ1v) is 8.64.